The van der Waals surface area contributed by atoms with Crippen LogP contribution in [0.5, 0.6) is 0 Å². The van der Waals surface area contributed by atoms with Crippen molar-refractivity contribution in [1.29, 1.82) is 0 Å². The zero-order valence-corrected chi connectivity index (χ0v) is 10.8. The smallest absolute Gasteiger partial charge is 0.181 e. The fourth-order valence-corrected chi connectivity index (χ4v) is 2.39. The molecule has 1 aliphatic heterocycles. The van der Waals surface area contributed by atoms with Gasteiger partial charge in [-0.1, -0.05) is 17.2 Å². The van der Waals surface area contributed by atoms with Crippen molar-refractivity contribution in [2.24, 2.45) is 0 Å². The van der Waals surface area contributed by atoms with Crippen LogP contribution in [0.1, 0.15) is 21.5 Å². The number of benzene rings is 1. The number of likely N-dealkylation sites (N-methyl/N-ethyl adjacent to an activating group) is 1. The van der Waals surface area contributed by atoms with Crippen LogP contribution < -0.4 is 5.32 Å². The summed E-state index contributed by atoms with van der Waals surface area (Å²) >= 11 is 0. The minimum atomic E-state index is -0.0602. The number of carbonyl (C=O) groups excluding carboxylic acids is 1. The first kappa shape index (κ1) is 12.3. The number of piperazine rings is 1. The summed E-state index contributed by atoms with van der Waals surface area (Å²) in [6.07, 6.45) is 0. The quantitative estimate of drug-likeness (QED) is 0.782. The van der Waals surface area contributed by atoms with E-state index >= 15 is 0 Å². The zero-order valence-electron chi connectivity index (χ0n) is 10.8. The zero-order chi connectivity index (χ0) is 12.4. The van der Waals surface area contributed by atoms with Crippen molar-refractivity contribution in [2.45, 2.75) is 19.9 Å². The Morgan fingerprint density at radius 3 is 2.53 bits per heavy atom. The van der Waals surface area contributed by atoms with Crippen molar-refractivity contribution in [2.75, 3.05) is 26.7 Å². The molecule has 2 rings (SSSR count). The van der Waals surface area contributed by atoms with Crippen LogP contribution in [0.15, 0.2) is 18.2 Å². The van der Waals surface area contributed by atoms with Gasteiger partial charge in [-0.25, -0.2) is 0 Å². The maximum Gasteiger partial charge on any atom is 0.181 e. The van der Waals surface area contributed by atoms with Gasteiger partial charge in [-0.05, 0) is 33.0 Å². The molecule has 1 heterocycles. The standard InChI is InChI=1S/C14H20N2O/c1-10-6-11(2)8-12(7-10)14(17)13-9-16(3)5-4-15-13/h6-8,13,15H,4-5,9H2,1-3H3. The Kier molecular flexibility index (Phi) is 3.60. The van der Waals surface area contributed by atoms with Gasteiger partial charge in [-0.3, -0.25) is 4.79 Å². The molecular weight excluding hydrogens is 212 g/mol. The van der Waals surface area contributed by atoms with Crippen molar-refractivity contribution < 1.29 is 4.79 Å². The summed E-state index contributed by atoms with van der Waals surface area (Å²) in [5.41, 5.74) is 3.13. The van der Waals surface area contributed by atoms with Crippen LogP contribution in [0.4, 0.5) is 0 Å². The van der Waals surface area contributed by atoms with E-state index in [-0.39, 0.29) is 11.8 Å². The lowest BCUT2D eigenvalue weighted by Crippen LogP contribution is -2.52. The molecule has 92 valence electrons. The van der Waals surface area contributed by atoms with Crippen molar-refractivity contribution >= 4 is 5.78 Å². The molecule has 1 saturated heterocycles. The molecule has 0 bridgehead atoms. The monoisotopic (exact) mass is 232 g/mol. The molecule has 1 aliphatic rings. The summed E-state index contributed by atoms with van der Waals surface area (Å²) in [6.45, 7) is 6.76. The van der Waals surface area contributed by atoms with Crippen molar-refractivity contribution in [3.8, 4) is 0 Å². The molecule has 1 aromatic rings. The molecular formula is C14H20N2O. The SMILES string of the molecule is Cc1cc(C)cc(C(=O)C2CN(C)CCN2)c1. The van der Waals surface area contributed by atoms with E-state index in [2.05, 4.69) is 23.3 Å². The summed E-state index contributed by atoms with van der Waals surface area (Å²) in [5.74, 6) is 0.211. The summed E-state index contributed by atoms with van der Waals surface area (Å²) in [4.78, 5) is 14.6. The second-order valence-electron chi connectivity index (χ2n) is 5.01. The Bertz CT molecular complexity index is 408. The first-order valence-electron chi connectivity index (χ1n) is 6.10. The number of nitrogens with zero attached hydrogens (tertiary/aromatic N) is 1. The summed E-state index contributed by atoms with van der Waals surface area (Å²) in [6, 6.07) is 5.99. The van der Waals surface area contributed by atoms with Gasteiger partial charge in [-0.2, -0.15) is 0 Å². The van der Waals surface area contributed by atoms with Crippen LogP contribution in [0.2, 0.25) is 0 Å². The van der Waals surface area contributed by atoms with Crippen molar-refractivity contribution in [1.82, 2.24) is 10.2 Å². The molecule has 0 amide bonds. The lowest BCUT2D eigenvalue weighted by Gasteiger charge is -2.30. The minimum absolute atomic E-state index is 0.0602. The molecule has 3 nitrogen and oxygen atoms in total. The van der Waals surface area contributed by atoms with E-state index in [0.717, 1.165) is 36.3 Å². The number of hydrogen-bond donors (Lipinski definition) is 1. The molecule has 0 saturated carbocycles. The molecule has 1 unspecified atom stereocenters. The topological polar surface area (TPSA) is 32.3 Å². The van der Waals surface area contributed by atoms with Gasteiger partial charge < -0.3 is 10.2 Å². The number of Topliss-reactive ketones (excluding diaryl/α,β-unsaturated/α-hetero) is 1. The lowest BCUT2D eigenvalue weighted by molar-refractivity contribution is 0.0894. The van der Waals surface area contributed by atoms with E-state index in [4.69, 9.17) is 0 Å². The molecule has 3 heteroatoms. The van der Waals surface area contributed by atoms with Crippen LogP contribution in [-0.2, 0) is 0 Å². The van der Waals surface area contributed by atoms with E-state index in [1.807, 2.05) is 26.0 Å². The Balaban J connectivity index is 2.18. The molecule has 17 heavy (non-hydrogen) atoms. The van der Waals surface area contributed by atoms with Crippen LogP contribution in [0.25, 0.3) is 0 Å². The second kappa shape index (κ2) is 4.98. The van der Waals surface area contributed by atoms with Crippen molar-refractivity contribution in [3.05, 3.63) is 34.9 Å². The van der Waals surface area contributed by atoms with E-state index in [9.17, 15) is 4.79 Å². The highest BCUT2D eigenvalue weighted by atomic mass is 16.1. The number of ketones is 1. The lowest BCUT2D eigenvalue weighted by atomic mass is 9.99. The predicted molar refractivity (Wildman–Crippen MR) is 69.5 cm³/mol. The summed E-state index contributed by atoms with van der Waals surface area (Å²) < 4.78 is 0. The molecule has 1 N–H and O–H groups in total. The van der Waals surface area contributed by atoms with Gasteiger partial charge in [0.25, 0.3) is 0 Å². The third-order valence-electron chi connectivity index (χ3n) is 3.20. The highest BCUT2D eigenvalue weighted by Gasteiger charge is 2.24. The fourth-order valence-electron chi connectivity index (χ4n) is 2.39. The van der Waals surface area contributed by atoms with Gasteiger partial charge in [-0.15, -0.1) is 0 Å². The third-order valence-corrected chi connectivity index (χ3v) is 3.20. The predicted octanol–water partition coefficient (Wildman–Crippen LogP) is 1.39. The Labute approximate surface area is 103 Å². The average molecular weight is 232 g/mol. The van der Waals surface area contributed by atoms with Gasteiger partial charge in [0.2, 0.25) is 0 Å². The molecule has 0 aliphatic carbocycles. The Hall–Kier alpha value is -1.19. The van der Waals surface area contributed by atoms with Crippen molar-refractivity contribution in [3.63, 3.8) is 0 Å². The van der Waals surface area contributed by atoms with Crippen LogP contribution in [0, 0.1) is 13.8 Å². The van der Waals surface area contributed by atoms with Gasteiger partial charge in [0.1, 0.15) is 0 Å². The molecule has 1 fully saturated rings. The molecule has 0 aromatic heterocycles. The molecule has 0 radical (unpaired) electrons. The highest BCUT2D eigenvalue weighted by Crippen LogP contribution is 2.12. The van der Waals surface area contributed by atoms with E-state index in [1.165, 1.54) is 0 Å². The van der Waals surface area contributed by atoms with E-state index < -0.39 is 0 Å². The number of rotatable bonds is 2. The van der Waals surface area contributed by atoms with Crippen LogP contribution in [0.3, 0.4) is 0 Å². The van der Waals surface area contributed by atoms with Gasteiger partial charge >= 0.3 is 0 Å². The summed E-state index contributed by atoms with van der Waals surface area (Å²) in [5, 5.41) is 3.30. The minimum Gasteiger partial charge on any atom is -0.305 e. The number of carbonyl (C=O) groups is 1. The number of aryl methyl sites for hydroxylation is 2. The number of nitrogens with one attached hydrogen (secondary N) is 1. The highest BCUT2D eigenvalue weighted by molar-refractivity contribution is 6.00. The normalized spacial score (nSPS) is 21.5. The van der Waals surface area contributed by atoms with Gasteiger partial charge in [0.05, 0.1) is 6.04 Å². The molecule has 1 atom stereocenters. The molecule has 1 aromatic carbocycles. The Morgan fingerprint density at radius 1 is 1.29 bits per heavy atom. The van der Waals surface area contributed by atoms with E-state index in [0.29, 0.717) is 0 Å². The first-order valence-corrected chi connectivity index (χ1v) is 6.10. The van der Waals surface area contributed by atoms with Gasteiger partial charge in [0.15, 0.2) is 5.78 Å². The average Bonchev–Trinajstić information content (AvgIpc) is 2.26. The molecule has 0 spiro atoms. The number of hydrogen-bond acceptors (Lipinski definition) is 3. The maximum absolute atomic E-state index is 12.4. The van der Waals surface area contributed by atoms with Gasteiger partial charge in [0, 0.05) is 25.2 Å². The van der Waals surface area contributed by atoms with Crippen LogP contribution >= 0.6 is 0 Å². The Morgan fingerprint density at radius 2 is 1.94 bits per heavy atom. The third kappa shape index (κ3) is 2.93. The largest absolute Gasteiger partial charge is 0.305 e. The fraction of sp³-hybridized carbons (Fsp3) is 0.500. The first-order chi connectivity index (χ1) is 8.06. The maximum atomic E-state index is 12.4. The second-order valence-corrected chi connectivity index (χ2v) is 5.01. The van der Waals surface area contributed by atoms with Crippen LogP contribution in [-0.4, -0.2) is 43.4 Å². The van der Waals surface area contributed by atoms with E-state index in [1.54, 1.807) is 0 Å². The summed E-state index contributed by atoms with van der Waals surface area (Å²) in [7, 11) is 2.06.